The summed E-state index contributed by atoms with van der Waals surface area (Å²) in [5.74, 6) is 0.114. The number of carbonyl (C=O) groups excluding carboxylic acids is 1. The van der Waals surface area contributed by atoms with Gasteiger partial charge in [0.15, 0.2) is 5.78 Å². The number of rotatable bonds is 3. The first-order chi connectivity index (χ1) is 9.24. The van der Waals surface area contributed by atoms with Crippen molar-refractivity contribution < 1.29 is 4.79 Å². The second kappa shape index (κ2) is 5.14. The molecule has 19 heavy (non-hydrogen) atoms. The smallest absolute Gasteiger partial charge is 0.167 e. The number of ketones is 1. The van der Waals surface area contributed by atoms with Crippen LogP contribution in [0.15, 0.2) is 36.7 Å². The monoisotopic (exact) mass is 271 g/mol. The van der Waals surface area contributed by atoms with Gasteiger partial charge in [-0.25, -0.2) is 0 Å². The van der Waals surface area contributed by atoms with E-state index in [1.807, 2.05) is 12.1 Å². The van der Waals surface area contributed by atoms with Crippen molar-refractivity contribution >= 4 is 17.4 Å². The van der Waals surface area contributed by atoms with Gasteiger partial charge in [-0.05, 0) is 48.1 Å². The minimum absolute atomic E-state index is 0.114. The normalized spacial score (nSPS) is 13.3. The molecule has 0 radical (unpaired) electrons. The number of aromatic nitrogens is 1. The van der Waals surface area contributed by atoms with E-state index < -0.39 is 0 Å². The van der Waals surface area contributed by atoms with Crippen LogP contribution in [-0.2, 0) is 19.3 Å². The molecule has 0 fully saturated rings. The molecule has 0 bridgehead atoms. The third-order valence-corrected chi connectivity index (χ3v) is 3.97. The number of halogens is 1. The molecule has 0 unspecified atom stereocenters. The lowest BCUT2D eigenvalue weighted by Crippen LogP contribution is -2.05. The predicted molar refractivity (Wildman–Crippen MR) is 75.7 cm³/mol. The maximum absolute atomic E-state index is 12.3. The first-order valence-corrected chi connectivity index (χ1v) is 6.85. The number of hydrogen-bond acceptors (Lipinski definition) is 2. The molecule has 0 amide bonds. The van der Waals surface area contributed by atoms with E-state index in [9.17, 15) is 4.79 Å². The fraction of sp³-hybridized carbons (Fsp3) is 0.250. The quantitative estimate of drug-likeness (QED) is 0.798. The minimum Gasteiger partial charge on any atom is -0.294 e. The van der Waals surface area contributed by atoms with Crippen molar-refractivity contribution in [3.63, 3.8) is 0 Å². The van der Waals surface area contributed by atoms with Gasteiger partial charge in [-0.1, -0.05) is 23.7 Å². The number of nitrogens with zero attached hydrogens (tertiary/aromatic N) is 1. The van der Waals surface area contributed by atoms with Crippen LogP contribution in [0.25, 0.3) is 0 Å². The van der Waals surface area contributed by atoms with Gasteiger partial charge in [0.05, 0.1) is 5.02 Å². The van der Waals surface area contributed by atoms with Crippen molar-refractivity contribution in [2.24, 2.45) is 0 Å². The average Bonchev–Trinajstić information content (AvgIpc) is 2.88. The van der Waals surface area contributed by atoms with Gasteiger partial charge in [0, 0.05) is 24.4 Å². The first kappa shape index (κ1) is 12.4. The molecule has 1 aliphatic rings. The lowest BCUT2D eigenvalue weighted by molar-refractivity contribution is 0.0993. The molecule has 0 saturated carbocycles. The highest BCUT2D eigenvalue weighted by atomic mass is 35.5. The largest absolute Gasteiger partial charge is 0.294 e. The van der Waals surface area contributed by atoms with E-state index in [4.69, 9.17) is 11.6 Å². The molecule has 1 aromatic carbocycles. The molecule has 2 nitrogen and oxygen atoms in total. The van der Waals surface area contributed by atoms with E-state index in [1.54, 1.807) is 18.5 Å². The van der Waals surface area contributed by atoms with E-state index in [-0.39, 0.29) is 5.78 Å². The highest BCUT2D eigenvalue weighted by Crippen LogP contribution is 2.24. The molecular weight excluding hydrogens is 258 g/mol. The SMILES string of the molecule is O=C(Cc1ccncc1Cl)c1ccc2c(c1)CCC2. The van der Waals surface area contributed by atoms with Gasteiger partial charge in [-0.15, -0.1) is 0 Å². The van der Waals surface area contributed by atoms with Crippen molar-refractivity contribution in [3.05, 3.63) is 63.9 Å². The maximum atomic E-state index is 12.3. The van der Waals surface area contributed by atoms with E-state index in [0.29, 0.717) is 11.4 Å². The zero-order valence-corrected chi connectivity index (χ0v) is 11.3. The average molecular weight is 272 g/mol. The number of hydrogen-bond donors (Lipinski definition) is 0. The Morgan fingerprint density at radius 2 is 2.05 bits per heavy atom. The summed E-state index contributed by atoms with van der Waals surface area (Å²) in [6.07, 6.45) is 7.00. The van der Waals surface area contributed by atoms with Gasteiger partial charge in [0.25, 0.3) is 0 Å². The van der Waals surface area contributed by atoms with Gasteiger partial charge in [-0.2, -0.15) is 0 Å². The van der Waals surface area contributed by atoms with Crippen molar-refractivity contribution in [1.82, 2.24) is 4.98 Å². The molecule has 3 heteroatoms. The number of pyridine rings is 1. The molecule has 3 rings (SSSR count). The zero-order valence-electron chi connectivity index (χ0n) is 10.5. The van der Waals surface area contributed by atoms with E-state index in [1.165, 1.54) is 17.5 Å². The highest BCUT2D eigenvalue weighted by molar-refractivity contribution is 6.31. The molecule has 1 aromatic heterocycles. The molecule has 1 heterocycles. The summed E-state index contributed by atoms with van der Waals surface area (Å²) in [6.45, 7) is 0. The topological polar surface area (TPSA) is 30.0 Å². The summed E-state index contributed by atoms with van der Waals surface area (Å²) in [4.78, 5) is 16.2. The summed E-state index contributed by atoms with van der Waals surface area (Å²) >= 11 is 6.03. The minimum atomic E-state index is 0.114. The van der Waals surface area contributed by atoms with Crippen LogP contribution in [0.3, 0.4) is 0 Å². The second-order valence-corrected chi connectivity index (χ2v) is 5.31. The van der Waals surface area contributed by atoms with Crippen LogP contribution in [-0.4, -0.2) is 10.8 Å². The van der Waals surface area contributed by atoms with Gasteiger partial charge >= 0.3 is 0 Å². The van der Waals surface area contributed by atoms with E-state index in [2.05, 4.69) is 11.1 Å². The van der Waals surface area contributed by atoms with Gasteiger partial charge in [-0.3, -0.25) is 9.78 Å². The lowest BCUT2D eigenvalue weighted by Gasteiger charge is -2.05. The number of Topliss-reactive ketones (excluding diaryl/α,β-unsaturated/α-hetero) is 1. The van der Waals surface area contributed by atoms with Gasteiger partial charge in [0.2, 0.25) is 0 Å². The maximum Gasteiger partial charge on any atom is 0.167 e. The number of aryl methyl sites for hydroxylation is 2. The van der Waals surface area contributed by atoms with Gasteiger partial charge in [0.1, 0.15) is 0 Å². The Hall–Kier alpha value is -1.67. The Labute approximate surface area is 117 Å². The Bertz CT molecular complexity index is 636. The van der Waals surface area contributed by atoms with E-state index >= 15 is 0 Å². The number of benzene rings is 1. The molecule has 1 aliphatic carbocycles. The Morgan fingerprint density at radius 3 is 2.89 bits per heavy atom. The Morgan fingerprint density at radius 1 is 1.21 bits per heavy atom. The molecule has 0 spiro atoms. The van der Waals surface area contributed by atoms with Crippen LogP contribution < -0.4 is 0 Å². The van der Waals surface area contributed by atoms with Crippen molar-refractivity contribution in [1.29, 1.82) is 0 Å². The summed E-state index contributed by atoms with van der Waals surface area (Å²) in [6, 6.07) is 7.86. The van der Waals surface area contributed by atoms with Crippen LogP contribution in [0.1, 0.15) is 33.5 Å². The molecule has 0 saturated heterocycles. The summed E-state index contributed by atoms with van der Waals surface area (Å²) in [5, 5.41) is 0.553. The van der Waals surface area contributed by atoms with Crippen molar-refractivity contribution in [3.8, 4) is 0 Å². The van der Waals surface area contributed by atoms with Crippen molar-refractivity contribution in [2.75, 3.05) is 0 Å². The van der Waals surface area contributed by atoms with Crippen LogP contribution >= 0.6 is 11.6 Å². The predicted octanol–water partition coefficient (Wildman–Crippen LogP) is 3.65. The second-order valence-electron chi connectivity index (χ2n) is 4.90. The summed E-state index contributed by atoms with van der Waals surface area (Å²) in [7, 11) is 0. The molecule has 2 aromatic rings. The molecule has 0 N–H and O–H groups in total. The fourth-order valence-electron chi connectivity index (χ4n) is 2.57. The van der Waals surface area contributed by atoms with Crippen LogP contribution in [0.5, 0.6) is 0 Å². The molecular formula is C16H14ClNO. The van der Waals surface area contributed by atoms with Crippen LogP contribution in [0.4, 0.5) is 0 Å². The van der Waals surface area contributed by atoms with E-state index in [0.717, 1.165) is 24.0 Å². The van der Waals surface area contributed by atoms with Crippen LogP contribution in [0.2, 0.25) is 5.02 Å². The first-order valence-electron chi connectivity index (χ1n) is 6.47. The van der Waals surface area contributed by atoms with Crippen molar-refractivity contribution in [2.45, 2.75) is 25.7 Å². The molecule has 96 valence electrons. The Balaban J connectivity index is 1.83. The standard InChI is InChI=1S/C16H14ClNO/c17-15-10-18-7-6-13(15)9-16(19)14-5-4-11-2-1-3-12(11)8-14/h4-8,10H,1-3,9H2. The lowest BCUT2D eigenvalue weighted by atomic mass is 10.00. The highest BCUT2D eigenvalue weighted by Gasteiger charge is 2.15. The fourth-order valence-corrected chi connectivity index (χ4v) is 2.75. The Kier molecular flexibility index (Phi) is 3.34. The van der Waals surface area contributed by atoms with Gasteiger partial charge < -0.3 is 0 Å². The zero-order chi connectivity index (χ0) is 13.2. The third kappa shape index (κ3) is 2.54. The summed E-state index contributed by atoms with van der Waals surface area (Å²) < 4.78 is 0. The number of carbonyl (C=O) groups is 1. The number of fused-ring (bicyclic) bond motifs is 1. The third-order valence-electron chi connectivity index (χ3n) is 3.63. The molecule has 0 atom stereocenters. The molecule has 0 aliphatic heterocycles. The summed E-state index contributed by atoms with van der Waals surface area (Å²) in [5.41, 5.74) is 4.33. The van der Waals surface area contributed by atoms with Crippen LogP contribution in [0, 0.1) is 0 Å².